The summed E-state index contributed by atoms with van der Waals surface area (Å²) in [6, 6.07) is 0.582. The van der Waals surface area contributed by atoms with Crippen molar-refractivity contribution in [1.82, 2.24) is 10.2 Å². The smallest absolute Gasteiger partial charge is 0.305 e. The molecule has 0 aromatic carbocycles. The van der Waals surface area contributed by atoms with E-state index in [0.29, 0.717) is 6.04 Å². The second-order valence-corrected chi connectivity index (χ2v) is 5.50. The zero-order chi connectivity index (χ0) is 12.3. The van der Waals surface area contributed by atoms with E-state index in [0.717, 1.165) is 26.1 Å². The molecule has 2 fully saturated rings. The third-order valence-electron chi connectivity index (χ3n) is 4.35. The molecule has 2 aliphatic heterocycles. The first-order valence-electron chi connectivity index (χ1n) is 6.87. The molecule has 2 N–H and O–H groups in total. The molecule has 2 saturated heterocycles. The lowest BCUT2D eigenvalue weighted by Gasteiger charge is -2.52. The van der Waals surface area contributed by atoms with Gasteiger partial charge in [0.15, 0.2) is 0 Å². The fourth-order valence-corrected chi connectivity index (χ4v) is 3.35. The minimum Gasteiger partial charge on any atom is -0.481 e. The molecule has 0 amide bonds. The summed E-state index contributed by atoms with van der Waals surface area (Å²) >= 11 is 0. The van der Waals surface area contributed by atoms with Gasteiger partial charge in [0.1, 0.15) is 0 Å². The Morgan fingerprint density at radius 2 is 2.18 bits per heavy atom. The number of carbonyl (C=O) groups is 1. The van der Waals surface area contributed by atoms with Crippen LogP contribution in [0.3, 0.4) is 0 Å². The van der Waals surface area contributed by atoms with Gasteiger partial charge in [-0.1, -0.05) is 19.8 Å². The minimum atomic E-state index is -0.661. The minimum absolute atomic E-state index is 0.100. The maximum atomic E-state index is 11.1. The highest BCUT2D eigenvalue weighted by atomic mass is 16.4. The summed E-state index contributed by atoms with van der Waals surface area (Å²) in [5.74, 6) is -0.661. The monoisotopic (exact) mass is 240 g/mol. The highest BCUT2D eigenvalue weighted by Crippen LogP contribution is 2.32. The fraction of sp³-hybridized carbons (Fsp3) is 0.923. The van der Waals surface area contributed by atoms with Crippen molar-refractivity contribution in [1.29, 1.82) is 0 Å². The summed E-state index contributed by atoms with van der Waals surface area (Å²) in [6.45, 7) is 4.99. The lowest BCUT2D eigenvalue weighted by atomic mass is 9.84. The van der Waals surface area contributed by atoms with Gasteiger partial charge in [0.05, 0.1) is 12.0 Å². The lowest BCUT2D eigenvalue weighted by molar-refractivity contribution is -0.142. The quantitative estimate of drug-likeness (QED) is 0.781. The van der Waals surface area contributed by atoms with Gasteiger partial charge in [0.25, 0.3) is 0 Å². The number of nitrogens with zero attached hydrogens (tertiary/aromatic N) is 1. The van der Waals surface area contributed by atoms with Crippen molar-refractivity contribution < 1.29 is 9.90 Å². The van der Waals surface area contributed by atoms with Crippen LogP contribution in [0, 0.1) is 0 Å². The molecule has 2 rings (SSSR count). The molecule has 1 unspecified atom stereocenters. The largest absolute Gasteiger partial charge is 0.481 e. The van der Waals surface area contributed by atoms with Crippen LogP contribution >= 0.6 is 0 Å². The van der Waals surface area contributed by atoms with Crippen LogP contribution in [0.5, 0.6) is 0 Å². The third kappa shape index (κ3) is 2.63. The average molecular weight is 240 g/mol. The maximum absolute atomic E-state index is 11.1. The predicted molar refractivity (Wildman–Crippen MR) is 67.1 cm³/mol. The number of aliphatic carboxylic acids is 1. The first-order chi connectivity index (χ1) is 8.18. The number of likely N-dealkylation sites (tertiary alicyclic amines) is 1. The molecule has 0 aliphatic carbocycles. The van der Waals surface area contributed by atoms with E-state index < -0.39 is 5.97 Å². The Balaban J connectivity index is 2.12. The van der Waals surface area contributed by atoms with Crippen LogP contribution in [0.15, 0.2) is 0 Å². The summed E-state index contributed by atoms with van der Waals surface area (Å²) in [7, 11) is 0. The standard InChI is InChI=1S/C13H24N2O2/c1-2-11-6-4-3-5-7-15(11)13(8-12(16)17)9-14-10-13/h11,14H,2-10H2,1H3,(H,16,17). The molecule has 0 radical (unpaired) electrons. The van der Waals surface area contributed by atoms with Crippen molar-refractivity contribution in [2.75, 3.05) is 19.6 Å². The van der Waals surface area contributed by atoms with Gasteiger partial charge in [-0.25, -0.2) is 0 Å². The van der Waals surface area contributed by atoms with Crippen molar-refractivity contribution in [2.24, 2.45) is 0 Å². The molecule has 1 atom stereocenters. The topological polar surface area (TPSA) is 52.6 Å². The third-order valence-corrected chi connectivity index (χ3v) is 4.35. The van der Waals surface area contributed by atoms with Crippen LogP contribution in [0.2, 0.25) is 0 Å². The number of rotatable bonds is 4. The van der Waals surface area contributed by atoms with E-state index >= 15 is 0 Å². The molecule has 0 aromatic heterocycles. The summed E-state index contributed by atoms with van der Waals surface area (Å²) in [4.78, 5) is 13.6. The Bertz CT molecular complexity index is 277. The average Bonchev–Trinajstić information content (AvgIpc) is 2.48. The van der Waals surface area contributed by atoms with Gasteiger partial charge < -0.3 is 10.4 Å². The number of hydrogen-bond donors (Lipinski definition) is 2. The van der Waals surface area contributed by atoms with E-state index in [1.807, 2.05) is 0 Å². The van der Waals surface area contributed by atoms with Crippen LogP contribution in [0.1, 0.15) is 45.4 Å². The van der Waals surface area contributed by atoms with E-state index in [1.165, 1.54) is 25.7 Å². The predicted octanol–water partition coefficient (Wildman–Crippen LogP) is 1.46. The first-order valence-corrected chi connectivity index (χ1v) is 6.87. The number of carboxylic acids is 1. The van der Waals surface area contributed by atoms with Crippen molar-refractivity contribution in [3.63, 3.8) is 0 Å². The molecular weight excluding hydrogens is 216 g/mol. The summed E-state index contributed by atoms with van der Waals surface area (Å²) < 4.78 is 0. The van der Waals surface area contributed by atoms with Gasteiger partial charge in [-0.2, -0.15) is 0 Å². The lowest BCUT2D eigenvalue weighted by Crippen LogP contribution is -2.71. The van der Waals surface area contributed by atoms with Gasteiger partial charge in [-0.3, -0.25) is 9.69 Å². The molecule has 0 spiro atoms. The van der Waals surface area contributed by atoms with E-state index in [2.05, 4.69) is 17.1 Å². The summed E-state index contributed by atoms with van der Waals surface area (Å²) in [5.41, 5.74) is -0.100. The Kier molecular flexibility index (Phi) is 4.05. The van der Waals surface area contributed by atoms with E-state index in [-0.39, 0.29) is 12.0 Å². The van der Waals surface area contributed by atoms with E-state index in [9.17, 15) is 4.79 Å². The summed E-state index contributed by atoms with van der Waals surface area (Å²) in [6.07, 6.45) is 6.47. The van der Waals surface area contributed by atoms with Crippen molar-refractivity contribution in [3.8, 4) is 0 Å². The molecule has 0 saturated carbocycles. The Hall–Kier alpha value is -0.610. The van der Waals surface area contributed by atoms with Gasteiger partial charge in [0.2, 0.25) is 0 Å². The second kappa shape index (κ2) is 5.36. The Morgan fingerprint density at radius 1 is 1.41 bits per heavy atom. The zero-order valence-corrected chi connectivity index (χ0v) is 10.7. The fourth-order valence-electron chi connectivity index (χ4n) is 3.35. The molecule has 4 nitrogen and oxygen atoms in total. The van der Waals surface area contributed by atoms with E-state index in [1.54, 1.807) is 0 Å². The van der Waals surface area contributed by atoms with Crippen molar-refractivity contribution >= 4 is 5.97 Å². The van der Waals surface area contributed by atoms with E-state index in [4.69, 9.17) is 5.11 Å². The molecule has 17 heavy (non-hydrogen) atoms. The van der Waals surface area contributed by atoms with Crippen molar-refractivity contribution in [2.45, 2.75) is 57.0 Å². The molecule has 0 aromatic rings. The molecule has 4 heteroatoms. The number of nitrogens with one attached hydrogen (secondary N) is 1. The normalized spacial score (nSPS) is 29.4. The molecule has 2 aliphatic rings. The van der Waals surface area contributed by atoms with Gasteiger partial charge in [-0.15, -0.1) is 0 Å². The second-order valence-electron chi connectivity index (χ2n) is 5.50. The Labute approximate surface area is 103 Å². The van der Waals surface area contributed by atoms with Crippen LogP contribution < -0.4 is 5.32 Å². The molecule has 0 bridgehead atoms. The maximum Gasteiger partial charge on any atom is 0.305 e. The number of carboxylic acid groups (broad SMARTS) is 1. The first kappa shape index (κ1) is 12.8. The highest BCUT2D eigenvalue weighted by molar-refractivity contribution is 5.69. The highest BCUT2D eigenvalue weighted by Gasteiger charge is 2.46. The van der Waals surface area contributed by atoms with Gasteiger partial charge in [-0.05, 0) is 25.8 Å². The van der Waals surface area contributed by atoms with Crippen LogP contribution in [0.4, 0.5) is 0 Å². The summed E-state index contributed by atoms with van der Waals surface area (Å²) in [5, 5.41) is 12.4. The van der Waals surface area contributed by atoms with Crippen LogP contribution in [-0.4, -0.2) is 47.2 Å². The van der Waals surface area contributed by atoms with Crippen molar-refractivity contribution in [3.05, 3.63) is 0 Å². The van der Waals surface area contributed by atoms with Crippen LogP contribution in [0.25, 0.3) is 0 Å². The zero-order valence-electron chi connectivity index (χ0n) is 10.7. The Morgan fingerprint density at radius 3 is 2.71 bits per heavy atom. The molecular formula is C13H24N2O2. The van der Waals surface area contributed by atoms with Gasteiger partial charge >= 0.3 is 5.97 Å². The molecule has 2 heterocycles. The van der Waals surface area contributed by atoms with Crippen LogP contribution in [-0.2, 0) is 4.79 Å². The molecule has 98 valence electrons. The van der Waals surface area contributed by atoms with Gasteiger partial charge in [0, 0.05) is 19.1 Å². The number of hydrogen-bond acceptors (Lipinski definition) is 3. The SMILES string of the molecule is CCC1CCCCCN1C1(CC(=O)O)CNC1.